The molecule has 4 nitrogen and oxygen atoms in total. The Labute approximate surface area is 276 Å². The molecule has 0 radical (unpaired) electrons. The van der Waals surface area contributed by atoms with Crippen LogP contribution in [-0.2, 0) is 4.08 Å². The second-order valence-electron chi connectivity index (χ2n) is 12.4. The minimum Gasteiger partial charge on any atom is -0.534 e. The second-order valence-corrected chi connectivity index (χ2v) is 19.6. The van der Waals surface area contributed by atoms with Crippen molar-refractivity contribution in [1.29, 1.82) is 0 Å². The van der Waals surface area contributed by atoms with E-state index >= 15 is 0 Å². The predicted molar refractivity (Wildman–Crippen MR) is 192 cm³/mol. The van der Waals surface area contributed by atoms with E-state index in [1.165, 1.54) is 10.4 Å². The fourth-order valence-corrected chi connectivity index (χ4v) is 14.1. The van der Waals surface area contributed by atoms with Crippen LogP contribution in [0.25, 0.3) is 11.1 Å². The summed E-state index contributed by atoms with van der Waals surface area (Å²) in [5, 5.41) is 14.0. The summed E-state index contributed by atoms with van der Waals surface area (Å²) in [6.45, 7) is 6.86. The molecule has 4 aromatic carbocycles. The molecule has 0 aliphatic carbocycles. The highest BCUT2D eigenvalue weighted by Gasteiger charge is 2.52. The summed E-state index contributed by atoms with van der Waals surface area (Å²) in [6, 6.07) is 38.0. The summed E-state index contributed by atoms with van der Waals surface area (Å²) in [5.41, 5.74) is 3.93. The highest BCUT2D eigenvalue weighted by atomic mass is 32.2. The monoisotopic (exact) mass is 652 g/mol. The molecule has 0 saturated carbocycles. The number of rotatable bonds is 9. The topological polar surface area (TPSA) is 51.8 Å². The zero-order chi connectivity index (χ0) is 31.5. The summed E-state index contributed by atoms with van der Waals surface area (Å²) in [5.74, 6) is 3.49. The fourth-order valence-electron chi connectivity index (χ4n) is 6.34. The third kappa shape index (κ3) is 6.11. The predicted octanol–water partition coefficient (Wildman–Crippen LogP) is 8.65. The van der Waals surface area contributed by atoms with Crippen LogP contribution >= 0.6 is 23.5 Å². The Morgan fingerprint density at radius 1 is 0.778 bits per heavy atom. The first kappa shape index (κ1) is 31.6. The van der Waals surface area contributed by atoms with E-state index in [1.807, 2.05) is 35.7 Å². The van der Waals surface area contributed by atoms with Crippen LogP contribution in [-0.4, -0.2) is 32.0 Å². The Kier molecular flexibility index (Phi) is 9.25. The molecule has 1 aliphatic heterocycles. The highest BCUT2D eigenvalue weighted by molar-refractivity contribution is 8.18. The highest BCUT2D eigenvalue weighted by Crippen LogP contribution is 2.58. The minimum atomic E-state index is -2.85. The Morgan fingerprint density at radius 3 is 2.00 bits per heavy atom. The summed E-state index contributed by atoms with van der Waals surface area (Å²) in [6.07, 6.45) is 3.70. The van der Waals surface area contributed by atoms with Gasteiger partial charge >= 0.3 is 8.32 Å². The van der Waals surface area contributed by atoms with Gasteiger partial charge in [0.05, 0.1) is 19.6 Å². The van der Waals surface area contributed by atoms with E-state index in [2.05, 4.69) is 118 Å². The van der Waals surface area contributed by atoms with Crippen molar-refractivity contribution in [3.8, 4) is 22.6 Å². The maximum absolute atomic E-state index is 11.7. The maximum Gasteiger partial charge on any atom is 0.319 e. The number of thioether (sulfide) groups is 2. The number of furan rings is 1. The smallest absolute Gasteiger partial charge is 0.319 e. The van der Waals surface area contributed by atoms with Gasteiger partial charge < -0.3 is 18.7 Å². The van der Waals surface area contributed by atoms with E-state index < -0.39 is 18.5 Å². The Balaban J connectivity index is 1.46. The largest absolute Gasteiger partial charge is 0.534 e. The molecule has 232 valence electrons. The molecule has 0 amide bonds. The summed E-state index contributed by atoms with van der Waals surface area (Å²) >= 11 is 3.64. The Bertz CT molecular complexity index is 1660. The Morgan fingerprint density at radius 2 is 1.42 bits per heavy atom. The minimum absolute atomic E-state index is 0.177. The standard InChI is InChI=1S/C38H40O4S2Si/c1-37(2,3)45(34-15-7-5-8-16-34,35-17-9-6-10-18-35)42-33-25-30(24-32(26-33)40-4)28-13-11-14-31(23-28)38(43-21-12-22-44-38)36(39)29-19-20-41-27-29/h5-11,13-20,23-27,36,39H,12,21-22H2,1-4H3. The molecule has 1 atom stereocenters. The molecule has 0 bridgehead atoms. The van der Waals surface area contributed by atoms with Gasteiger partial charge in [0.15, 0.2) is 0 Å². The molecule has 1 fully saturated rings. The number of hydrogen-bond donors (Lipinski definition) is 1. The van der Waals surface area contributed by atoms with Crippen LogP contribution in [0.15, 0.2) is 126 Å². The lowest BCUT2D eigenvalue weighted by Gasteiger charge is -2.43. The number of hydrogen-bond acceptors (Lipinski definition) is 6. The van der Waals surface area contributed by atoms with E-state index in [1.54, 1.807) is 19.6 Å². The van der Waals surface area contributed by atoms with Gasteiger partial charge in [-0.25, -0.2) is 0 Å². The van der Waals surface area contributed by atoms with Gasteiger partial charge in [-0.05, 0) is 74.3 Å². The van der Waals surface area contributed by atoms with Gasteiger partial charge in [0.1, 0.15) is 21.7 Å². The zero-order valence-electron chi connectivity index (χ0n) is 26.2. The van der Waals surface area contributed by atoms with E-state index in [4.69, 9.17) is 13.6 Å². The summed E-state index contributed by atoms with van der Waals surface area (Å²) in [4.78, 5) is 0. The van der Waals surface area contributed by atoms with Crippen LogP contribution in [0.5, 0.6) is 11.5 Å². The van der Waals surface area contributed by atoms with Crippen LogP contribution in [0, 0.1) is 0 Å². The zero-order valence-corrected chi connectivity index (χ0v) is 28.9. The summed E-state index contributed by atoms with van der Waals surface area (Å²) in [7, 11) is -1.15. The number of aliphatic hydroxyl groups is 1. The second kappa shape index (κ2) is 13.2. The first-order valence-electron chi connectivity index (χ1n) is 15.3. The average molecular weight is 653 g/mol. The molecule has 1 aliphatic rings. The van der Waals surface area contributed by atoms with E-state index in [0.29, 0.717) is 0 Å². The molecular formula is C38H40O4S2Si. The van der Waals surface area contributed by atoms with Crippen molar-refractivity contribution in [3.63, 3.8) is 0 Å². The van der Waals surface area contributed by atoms with Crippen molar-refractivity contribution in [3.05, 3.63) is 133 Å². The Hall–Kier alpha value is -3.36. The van der Waals surface area contributed by atoms with Crippen molar-refractivity contribution in [2.24, 2.45) is 0 Å². The molecule has 2 heterocycles. The molecule has 5 aromatic rings. The molecule has 7 heteroatoms. The number of aliphatic hydroxyl groups excluding tert-OH is 1. The molecule has 1 N–H and O–H groups in total. The molecule has 1 saturated heterocycles. The molecule has 6 rings (SSSR count). The molecule has 0 spiro atoms. The third-order valence-corrected chi connectivity index (χ3v) is 17.0. The van der Waals surface area contributed by atoms with Gasteiger partial charge in [0, 0.05) is 11.6 Å². The maximum atomic E-state index is 11.7. The van der Waals surface area contributed by atoms with Crippen molar-refractivity contribution in [1.82, 2.24) is 0 Å². The number of ether oxygens (including phenoxy) is 1. The number of benzene rings is 4. The van der Waals surface area contributed by atoms with Gasteiger partial charge in [-0.15, -0.1) is 23.5 Å². The summed E-state index contributed by atoms with van der Waals surface area (Å²) < 4.78 is 18.1. The first-order valence-corrected chi connectivity index (χ1v) is 19.2. The van der Waals surface area contributed by atoms with Gasteiger partial charge in [0.2, 0.25) is 0 Å². The normalized spacial score (nSPS) is 15.8. The molecular weight excluding hydrogens is 613 g/mol. The SMILES string of the molecule is COc1cc(O[Si](c2ccccc2)(c2ccccc2)C(C)(C)C)cc(-c2cccc(C3(C(O)c4ccoc4)SCCCS3)c2)c1. The van der Waals surface area contributed by atoms with Crippen LogP contribution < -0.4 is 19.5 Å². The quantitative estimate of drug-likeness (QED) is 0.161. The average Bonchev–Trinajstić information content (AvgIpc) is 3.62. The lowest BCUT2D eigenvalue weighted by molar-refractivity contribution is 0.162. The molecule has 1 unspecified atom stereocenters. The van der Waals surface area contributed by atoms with Gasteiger partial charge in [-0.1, -0.05) is 99.6 Å². The van der Waals surface area contributed by atoms with Crippen molar-refractivity contribution < 1.29 is 18.7 Å². The van der Waals surface area contributed by atoms with Crippen molar-refractivity contribution in [2.75, 3.05) is 18.6 Å². The molecule has 1 aromatic heterocycles. The van der Waals surface area contributed by atoms with Crippen LogP contribution in [0.4, 0.5) is 0 Å². The van der Waals surface area contributed by atoms with Gasteiger partial charge in [0.25, 0.3) is 0 Å². The lowest BCUT2D eigenvalue weighted by atomic mass is 9.97. The van der Waals surface area contributed by atoms with E-state index in [-0.39, 0.29) is 5.04 Å². The first-order chi connectivity index (χ1) is 21.8. The lowest BCUT2D eigenvalue weighted by Crippen LogP contribution is -2.68. The fraction of sp³-hybridized carbons (Fsp3) is 0.263. The van der Waals surface area contributed by atoms with Gasteiger partial charge in [-0.3, -0.25) is 0 Å². The van der Waals surface area contributed by atoms with E-state index in [9.17, 15) is 5.11 Å². The van der Waals surface area contributed by atoms with Crippen LogP contribution in [0.1, 0.15) is 44.4 Å². The van der Waals surface area contributed by atoms with Gasteiger partial charge in [-0.2, -0.15) is 0 Å². The number of methoxy groups -OCH3 is 1. The molecule has 45 heavy (non-hydrogen) atoms. The van der Waals surface area contributed by atoms with Crippen molar-refractivity contribution >= 4 is 42.2 Å². The van der Waals surface area contributed by atoms with Crippen LogP contribution in [0.2, 0.25) is 5.04 Å². The van der Waals surface area contributed by atoms with Crippen molar-refractivity contribution in [2.45, 2.75) is 42.4 Å². The van der Waals surface area contributed by atoms with E-state index in [0.717, 1.165) is 51.7 Å². The third-order valence-electron chi connectivity index (χ3n) is 8.54. The van der Waals surface area contributed by atoms with Crippen LogP contribution in [0.3, 0.4) is 0 Å².